The number of aromatic nitrogens is 1. The molecule has 4 heterocycles. The van der Waals surface area contributed by atoms with Crippen LogP contribution >= 0.6 is 23.1 Å². The van der Waals surface area contributed by atoms with Crippen LogP contribution in [0.3, 0.4) is 0 Å². The maximum Gasteiger partial charge on any atom is 0.407 e. The van der Waals surface area contributed by atoms with E-state index < -0.39 is 47.1 Å². The van der Waals surface area contributed by atoms with Gasteiger partial charge in [-0.3, -0.25) is 14.5 Å². The van der Waals surface area contributed by atoms with Crippen LogP contribution in [0.2, 0.25) is 0 Å². The van der Waals surface area contributed by atoms with Crippen molar-refractivity contribution in [2.24, 2.45) is 5.16 Å². The van der Waals surface area contributed by atoms with Crippen LogP contribution in [0.5, 0.6) is 0 Å². The van der Waals surface area contributed by atoms with Gasteiger partial charge in [-0.05, 0) is 23.6 Å². The second kappa shape index (κ2) is 15.5. The van der Waals surface area contributed by atoms with Gasteiger partial charge in [-0.2, -0.15) is 8.78 Å². The fourth-order valence-corrected chi connectivity index (χ4v) is 9.59. The molecule has 3 aliphatic rings. The van der Waals surface area contributed by atoms with Crippen LogP contribution in [0.25, 0.3) is 0 Å². The first-order valence-corrected chi connectivity index (χ1v) is 19.1. The molecule has 53 heavy (non-hydrogen) atoms. The second-order valence-corrected chi connectivity index (χ2v) is 14.9. The van der Waals surface area contributed by atoms with Crippen LogP contribution in [-0.2, 0) is 24.8 Å². The average Bonchev–Trinajstić information content (AvgIpc) is 3.89. The van der Waals surface area contributed by atoms with Gasteiger partial charge in [0.1, 0.15) is 34.4 Å². The summed E-state index contributed by atoms with van der Waals surface area (Å²) in [7, 11) is 0. The zero-order valence-electron chi connectivity index (χ0n) is 28.6. The number of aliphatic carboxylic acids is 1. The number of quaternary nitrogens is 1. The Morgan fingerprint density at radius 3 is 2.08 bits per heavy atom. The number of thioether (sulfide) groups is 1. The molecule has 0 bridgehead atoms. The number of likely N-dealkylation sites (tertiary alicyclic amines) is 1. The number of carboxylic acid groups (broad SMARTS) is 1. The first kappa shape index (κ1) is 36.2. The molecule has 2 amide bonds. The van der Waals surface area contributed by atoms with Crippen molar-refractivity contribution in [2.45, 2.75) is 49.4 Å². The van der Waals surface area contributed by atoms with Crippen LogP contribution in [-0.4, -0.2) is 81.4 Å². The number of nitrogens with one attached hydrogen (secondary N) is 3. The molecular formula is C38H37F2N6O5S2+. The third kappa shape index (κ3) is 7.03. The van der Waals surface area contributed by atoms with Crippen LogP contribution in [0.4, 0.5) is 13.9 Å². The van der Waals surface area contributed by atoms with Crippen LogP contribution in [0, 0.1) is 0 Å². The first-order valence-electron chi connectivity index (χ1n) is 17.2. The van der Waals surface area contributed by atoms with Crippen molar-refractivity contribution < 1.29 is 38.0 Å². The number of hydrogen-bond acceptors (Lipinski definition) is 9. The van der Waals surface area contributed by atoms with Gasteiger partial charge in [0, 0.05) is 29.5 Å². The molecule has 0 spiro atoms. The number of carbonyl (C=O) groups is 3. The fraction of sp³-hybridized carbons (Fsp3) is 0.289. The summed E-state index contributed by atoms with van der Waals surface area (Å²) < 4.78 is 26.6. The molecule has 2 fully saturated rings. The highest BCUT2D eigenvalue weighted by Gasteiger charge is 2.55. The number of rotatable bonds is 13. The summed E-state index contributed by atoms with van der Waals surface area (Å²) in [6.07, 6.45) is 2.12. The molecule has 1 aromatic heterocycles. The Labute approximate surface area is 312 Å². The number of nitrogens with zero attached hydrogens (tertiary/aromatic N) is 3. The average molecular weight is 760 g/mol. The van der Waals surface area contributed by atoms with Gasteiger partial charge < -0.3 is 25.5 Å². The van der Waals surface area contributed by atoms with Gasteiger partial charge in [0.25, 0.3) is 11.8 Å². The molecule has 2 saturated heterocycles. The summed E-state index contributed by atoms with van der Waals surface area (Å²) in [6.45, 7) is 0.517. The lowest BCUT2D eigenvalue weighted by molar-refractivity contribution is -0.905. The molecule has 0 saturated carbocycles. The number of oxime groups is 1. The SMILES string of the molecule is CC(C1=C(C(=O)O)N2C(=O)C(NC(=O)C(=NOC(F)F)c3csc(NC(c4ccccc4)(c4ccccc4)c4ccccc4)n3)[C@@H]2SC1)[NH+]1CCCC1. The van der Waals surface area contributed by atoms with E-state index >= 15 is 0 Å². The highest BCUT2D eigenvalue weighted by Crippen LogP contribution is 2.42. The molecule has 4 N–H and O–H groups in total. The lowest BCUT2D eigenvalue weighted by Crippen LogP contribution is -3.13. The van der Waals surface area contributed by atoms with E-state index in [4.69, 9.17) is 0 Å². The number of thiazole rings is 1. The third-order valence-electron chi connectivity index (χ3n) is 9.97. The van der Waals surface area contributed by atoms with E-state index in [1.807, 2.05) is 97.9 Å². The molecule has 3 aromatic carbocycles. The van der Waals surface area contributed by atoms with Gasteiger partial charge in [0.2, 0.25) is 0 Å². The van der Waals surface area contributed by atoms with Crippen LogP contribution in [0.1, 0.15) is 42.1 Å². The molecule has 0 radical (unpaired) electrons. The number of carbonyl (C=O) groups excluding carboxylic acids is 2. The standard InChI is InChI=1S/C38H36F2N6O5S2/c1-23(45-19-11-12-20-45)27-21-52-34-30(33(48)46(34)31(27)35(49)50)42-32(47)29(44-51-36(39)40)28-22-53-37(41-28)43-38(24-13-5-2-6-14-24,25-15-7-3-8-16-25)26-17-9-4-10-18-26/h2-10,13-18,22-23,30,34,36H,11-12,19-21H2,1H3,(H,41,43)(H,42,47)(H,49,50)/p+1/t23?,30?,34-/m0/s1. The number of β-lactam (4-membered cyclic amide) rings is 1. The lowest BCUT2D eigenvalue weighted by atomic mass is 9.77. The minimum absolute atomic E-state index is 0.0555. The smallest absolute Gasteiger partial charge is 0.407 e. The number of hydrogen-bond donors (Lipinski definition) is 4. The lowest BCUT2D eigenvalue weighted by Gasteiger charge is -2.50. The highest BCUT2D eigenvalue weighted by atomic mass is 32.2. The van der Waals surface area contributed by atoms with Gasteiger partial charge in [0.05, 0.1) is 13.1 Å². The van der Waals surface area contributed by atoms with Crippen molar-refractivity contribution in [2.75, 3.05) is 24.2 Å². The monoisotopic (exact) mass is 759 g/mol. The van der Waals surface area contributed by atoms with Gasteiger partial charge >= 0.3 is 12.6 Å². The van der Waals surface area contributed by atoms with Gasteiger partial charge in [-0.1, -0.05) is 96.2 Å². The van der Waals surface area contributed by atoms with Crippen molar-refractivity contribution in [3.63, 3.8) is 0 Å². The molecule has 0 aliphatic carbocycles. The minimum atomic E-state index is -3.33. The van der Waals surface area contributed by atoms with Gasteiger partial charge in [0.15, 0.2) is 10.8 Å². The summed E-state index contributed by atoms with van der Waals surface area (Å²) in [5.41, 5.74) is 1.74. The predicted molar refractivity (Wildman–Crippen MR) is 198 cm³/mol. The number of fused-ring (bicyclic) bond motifs is 1. The Morgan fingerprint density at radius 1 is 0.981 bits per heavy atom. The number of halogens is 2. The molecule has 11 nitrogen and oxygen atoms in total. The topological polar surface area (TPSA) is 138 Å². The van der Waals surface area contributed by atoms with E-state index in [0.717, 1.165) is 54.0 Å². The molecule has 3 atom stereocenters. The fourth-order valence-electron chi connectivity index (χ4n) is 7.37. The van der Waals surface area contributed by atoms with Crippen molar-refractivity contribution in [3.8, 4) is 0 Å². The van der Waals surface area contributed by atoms with Crippen molar-refractivity contribution in [1.82, 2.24) is 15.2 Å². The number of alkyl halides is 2. The molecule has 4 aromatic rings. The quantitative estimate of drug-likeness (QED) is 0.0686. The Morgan fingerprint density at radius 2 is 1.55 bits per heavy atom. The van der Waals surface area contributed by atoms with Crippen molar-refractivity contribution >= 4 is 51.7 Å². The van der Waals surface area contributed by atoms with E-state index in [1.54, 1.807) is 0 Å². The zero-order valence-corrected chi connectivity index (χ0v) is 30.2. The van der Waals surface area contributed by atoms with E-state index in [2.05, 4.69) is 25.6 Å². The number of anilines is 1. The van der Waals surface area contributed by atoms with Crippen LogP contribution in [0.15, 0.2) is 113 Å². The number of amides is 2. The van der Waals surface area contributed by atoms with Crippen LogP contribution < -0.4 is 15.5 Å². The second-order valence-electron chi connectivity index (χ2n) is 12.9. The molecule has 15 heteroatoms. The maximum absolute atomic E-state index is 13.8. The minimum Gasteiger partial charge on any atom is -0.477 e. The summed E-state index contributed by atoms with van der Waals surface area (Å²) in [4.78, 5) is 51.1. The van der Waals surface area contributed by atoms with Crippen molar-refractivity contribution in [3.05, 3.63) is 130 Å². The van der Waals surface area contributed by atoms with Crippen molar-refractivity contribution in [1.29, 1.82) is 0 Å². The Kier molecular flexibility index (Phi) is 10.6. The molecule has 3 aliphatic heterocycles. The largest absolute Gasteiger partial charge is 0.477 e. The molecule has 7 rings (SSSR count). The van der Waals surface area contributed by atoms with Gasteiger partial charge in [-0.15, -0.1) is 23.1 Å². The van der Waals surface area contributed by atoms with E-state index in [-0.39, 0.29) is 17.4 Å². The third-order valence-corrected chi connectivity index (χ3v) is 12.0. The summed E-state index contributed by atoms with van der Waals surface area (Å²) in [6, 6.07) is 28.1. The molecule has 274 valence electrons. The van der Waals surface area contributed by atoms with E-state index in [0.29, 0.717) is 16.5 Å². The van der Waals surface area contributed by atoms with Gasteiger partial charge in [-0.25, -0.2) is 9.78 Å². The Bertz CT molecular complexity index is 1930. The zero-order chi connectivity index (χ0) is 37.1. The van der Waals surface area contributed by atoms with E-state index in [9.17, 15) is 28.3 Å². The number of carboxylic acids is 1. The molecule has 2 unspecified atom stereocenters. The summed E-state index contributed by atoms with van der Waals surface area (Å²) in [5, 5.41) is 21.0. The normalized spacial score (nSPS) is 19.8. The maximum atomic E-state index is 13.8. The van der Waals surface area contributed by atoms with E-state index in [1.165, 1.54) is 26.9 Å². The first-order chi connectivity index (χ1) is 25.7. The summed E-state index contributed by atoms with van der Waals surface area (Å²) >= 11 is 2.49. The Hall–Kier alpha value is -5.12. The number of benzene rings is 3. The Balaban J connectivity index is 1.17. The highest BCUT2D eigenvalue weighted by molar-refractivity contribution is 8.00. The molecular weight excluding hydrogens is 723 g/mol. The predicted octanol–water partition coefficient (Wildman–Crippen LogP) is 4.30. The summed E-state index contributed by atoms with van der Waals surface area (Å²) in [5.74, 6) is -2.41.